The van der Waals surface area contributed by atoms with Crippen molar-refractivity contribution in [2.24, 2.45) is 0 Å². The Bertz CT molecular complexity index is 1070. The highest BCUT2D eigenvalue weighted by Crippen LogP contribution is 2.31. The zero-order chi connectivity index (χ0) is 21.7. The lowest BCUT2D eigenvalue weighted by molar-refractivity contribution is -0.383. The molecule has 3 aromatic rings. The van der Waals surface area contributed by atoms with Crippen LogP contribution in [-0.2, 0) is 0 Å². The third-order valence-electron chi connectivity index (χ3n) is 4.26. The van der Waals surface area contributed by atoms with Crippen LogP contribution in [0, 0.1) is 15.9 Å². The third kappa shape index (κ3) is 4.66. The van der Waals surface area contributed by atoms with Gasteiger partial charge in [0.1, 0.15) is 12.1 Å². The quantitative estimate of drug-likeness (QED) is 0.395. The van der Waals surface area contributed by atoms with Gasteiger partial charge in [-0.15, -0.1) is 0 Å². The van der Waals surface area contributed by atoms with Crippen molar-refractivity contribution in [2.45, 2.75) is 19.8 Å². The highest BCUT2D eigenvalue weighted by molar-refractivity contribution is 5.95. The Morgan fingerprint density at radius 2 is 1.73 bits per heavy atom. The number of rotatable bonds is 7. The molecule has 0 aliphatic rings. The maximum atomic E-state index is 13.7. The van der Waals surface area contributed by atoms with Gasteiger partial charge in [0.05, 0.1) is 10.5 Å². The minimum atomic E-state index is -0.806. The lowest BCUT2D eigenvalue weighted by Gasteiger charge is -2.12. The minimum absolute atomic E-state index is 0.0602. The van der Waals surface area contributed by atoms with Crippen molar-refractivity contribution in [3.63, 3.8) is 0 Å². The third-order valence-corrected chi connectivity index (χ3v) is 4.26. The number of halogens is 1. The van der Waals surface area contributed by atoms with Gasteiger partial charge in [0.25, 0.3) is 5.91 Å². The Kier molecular flexibility index (Phi) is 6.16. The zero-order valence-corrected chi connectivity index (χ0v) is 16.2. The molecule has 0 atom stereocenters. The molecule has 0 aliphatic heterocycles. The van der Waals surface area contributed by atoms with Gasteiger partial charge < -0.3 is 5.32 Å². The first-order chi connectivity index (χ1) is 14.4. The van der Waals surface area contributed by atoms with Gasteiger partial charge >= 0.3 is 5.69 Å². The summed E-state index contributed by atoms with van der Waals surface area (Å²) in [7, 11) is 0. The van der Waals surface area contributed by atoms with Crippen LogP contribution in [0.3, 0.4) is 0 Å². The highest BCUT2D eigenvalue weighted by atomic mass is 19.1. The molecule has 1 heterocycles. The second-order valence-electron chi connectivity index (χ2n) is 6.64. The van der Waals surface area contributed by atoms with E-state index in [1.54, 1.807) is 12.1 Å². The molecule has 2 aromatic carbocycles. The number of anilines is 3. The SMILES string of the molecule is CC(C)c1ccc(Nc2ncnc(NNC(=O)c3ccccc3F)c2[N+](=O)[O-])cc1. The molecule has 0 aliphatic carbocycles. The summed E-state index contributed by atoms with van der Waals surface area (Å²) < 4.78 is 13.7. The molecule has 0 spiro atoms. The Morgan fingerprint density at radius 1 is 1.07 bits per heavy atom. The van der Waals surface area contributed by atoms with Crippen LogP contribution < -0.4 is 16.2 Å². The molecule has 10 heteroatoms. The minimum Gasteiger partial charge on any atom is -0.334 e. The maximum absolute atomic E-state index is 13.7. The number of hydrogen-bond donors (Lipinski definition) is 3. The Labute approximate surface area is 171 Å². The molecule has 0 saturated carbocycles. The smallest absolute Gasteiger partial charge is 0.334 e. The van der Waals surface area contributed by atoms with E-state index >= 15 is 0 Å². The molecule has 9 nitrogen and oxygen atoms in total. The summed E-state index contributed by atoms with van der Waals surface area (Å²) in [4.78, 5) is 30.8. The molecule has 3 rings (SSSR count). The number of hydrogen-bond acceptors (Lipinski definition) is 7. The van der Waals surface area contributed by atoms with Crippen molar-refractivity contribution in [3.05, 3.63) is 81.9 Å². The van der Waals surface area contributed by atoms with Crippen LogP contribution in [0.5, 0.6) is 0 Å². The molecule has 0 radical (unpaired) electrons. The second kappa shape index (κ2) is 8.95. The van der Waals surface area contributed by atoms with Crippen LogP contribution in [0.25, 0.3) is 0 Å². The standard InChI is InChI=1S/C20H19FN6O3/c1-12(2)13-7-9-14(10-8-13)24-18-17(27(29)30)19(23-11-22-18)25-26-20(28)15-5-3-4-6-16(15)21/h3-12H,1-2H3,(H,26,28)(H2,22,23,24,25). The van der Waals surface area contributed by atoms with Crippen molar-refractivity contribution < 1.29 is 14.1 Å². The van der Waals surface area contributed by atoms with Crippen LogP contribution in [-0.4, -0.2) is 20.8 Å². The molecule has 0 bridgehead atoms. The molecule has 154 valence electrons. The number of nitro groups is 1. The number of nitrogens with zero attached hydrogens (tertiary/aromatic N) is 3. The molecule has 3 N–H and O–H groups in total. The van der Waals surface area contributed by atoms with Gasteiger partial charge in [0.2, 0.25) is 11.6 Å². The van der Waals surface area contributed by atoms with Crippen LogP contribution in [0.15, 0.2) is 54.9 Å². The van der Waals surface area contributed by atoms with Crippen molar-refractivity contribution >= 4 is 28.9 Å². The molecule has 0 unspecified atom stereocenters. The van der Waals surface area contributed by atoms with Crippen molar-refractivity contribution in [1.29, 1.82) is 0 Å². The number of amides is 1. The van der Waals surface area contributed by atoms with E-state index in [1.165, 1.54) is 18.2 Å². The first-order valence-corrected chi connectivity index (χ1v) is 9.04. The summed E-state index contributed by atoms with van der Waals surface area (Å²) >= 11 is 0. The van der Waals surface area contributed by atoms with E-state index in [1.807, 2.05) is 12.1 Å². The second-order valence-corrected chi connectivity index (χ2v) is 6.64. The predicted molar refractivity (Wildman–Crippen MR) is 110 cm³/mol. The van der Waals surface area contributed by atoms with Gasteiger partial charge in [-0.3, -0.25) is 25.8 Å². The van der Waals surface area contributed by atoms with Crippen molar-refractivity contribution in [1.82, 2.24) is 15.4 Å². The lowest BCUT2D eigenvalue weighted by atomic mass is 10.0. The fourth-order valence-electron chi connectivity index (χ4n) is 2.65. The molecule has 1 amide bonds. The van der Waals surface area contributed by atoms with Crippen molar-refractivity contribution in [3.8, 4) is 0 Å². The van der Waals surface area contributed by atoms with Gasteiger partial charge in [-0.05, 0) is 35.7 Å². The Morgan fingerprint density at radius 3 is 2.37 bits per heavy atom. The van der Waals surface area contributed by atoms with Crippen LogP contribution in [0.1, 0.15) is 35.7 Å². The topological polar surface area (TPSA) is 122 Å². The van der Waals surface area contributed by atoms with Gasteiger partial charge in [0.15, 0.2) is 0 Å². The molecule has 30 heavy (non-hydrogen) atoms. The maximum Gasteiger partial charge on any atom is 0.355 e. The van der Waals surface area contributed by atoms with Gasteiger partial charge in [-0.1, -0.05) is 38.1 Å². The van der Waals surface area contributed by atoms with E-state index in [0.29, 0.717) is 11.6 Å². The van der Waals surface area contributed by atoms with E-state index in [-0.39, 0.29) is 17.2 Å². The van der Waals surface area contributed by atoms with E-state index in [9.17, 15) is 19.3 Å². The van der Waals surface area contributed by atoms with Crippen LogP contribution in [0.4, 0.5) is 27.4 Å². The molecule has 1 aromatic heterocycles. The number of aromatic nitrogens is 2. The molecular weight excluding hydrogens is 391 g/mol. The van der Waals surface area contributed by atoms with Gasteiger partial charge in [-0.2, -0.15) is 0 Å². The zero-order valence-electron chi connectivity index (χ0n) is 16.2. The molecule has 0 fully saturated rings. The van der Waals surface area contributed by atoms with E-state index < -0.39 is 22.3 Å². The Hall–Kier alpha value is -4.08. The number of carbonyl (C=O) groups excluding carboxylic acids is 1. The summed E-state index contributed by atoms with van der Waals surface area (Å²) in [5.74, 6) is -1.49. The first kappa shape index (κ1) is 20.6. The molecular formula is C20H19FN6O3. The van der Waals surface area contributed by atoms with E-state index in [4.69, 9.17) is 0 Å². The summed E-state index contributed by atoms with van der Waals surface area (Å²) in [6, 6.07) is 12.8. The normalized spacial score (nSPS) is 10.5. The number of nitrogens with one attached hydrogen (secondary N) is 3. The number of carbonyl (C=O) groups is 1. The fraction of sp³-hybridized carbons (Fsp3) is 0.150. The van der Waals surface area contributed by atoms with Crippen LogP contribution >= 0.6 is 0 Å². The monoisotopic (exact) mass is 410 g/mol. The Balaban J connectivity index is 1.81. The van der Waals surface area contributed by atoms with E-state index in [0.717, 1.165) is 18.0 Å². The van der Waals surface area contributed by atoms with Gasteiger partial charge in [-0.25, -0.2) is 14.4 Å². The highest BCUT2D eigenvalue weighted by Gasteiger charge is 2.24. The van der Waals surface area contributed by atoms with E-state index in [2.05, 4.69) is 40.0 Å². The van der Waals surface area contributed by atoms with Crippen molar-refractivity contribution in [2.75, 3.05) is 10.7 Å². The number of hydrazine groups is 1. The fourth-order valence-corrected chi connectivity index (χ4v) is 2.65. The largest absolute Gasteiger partial charge is 0.355 e. The molecule has 0 saturated heterocycles. The first-order valence-electron chi connectivity index (χ1n) is 9.04. The average molecular weight is 410 g/mol. The lowest BCUT2D eigenvalue weighted by Crippen LogP contribution is -2.31. The van der Waals surface area contributed by atoms with Crippen LogP contribution in [0.2, 0.25) is 0 Å². The summed E-state index contributed by atoms with van der Waals surface area (Å²) in [5, 5.41) is 14.5. The predicted octanol–water partition coefficient (Wildman–Crippen LogP) is 4.15. The number of benzene rings is 2. The average Bonchev–Trinajstić information content (AvgIpc) is 2.72. The summed E-state index contributed by atoms with van der Waals surface area (Å²) in [5.41, 5.74) is 5.61. The summed E-state index contributed by atoms with van der Waals surface area (Å²) in [6.45, 7) is 4.12. The van der Waals surface area contributed by atoms with Gasteiger partial charge in [0, 0.05) is 5.69 Å². The summed E-state index contributed by atoms with van der Waals surface area (Å²) in [6.07, 6.45) is 1.11.